The maximum absolute atomic E-state index is 12.9. The summed E-state index contributed by atoms with van der Waals surface area (Å²) in [5.41, 5.74) is 1.33. The van der Waals surface area contributed by atoms with Crippen LogP contribution in [-0.4, -0.2) is 63.4 Å². The lowest BCUT2D eigenvalue weighted by Gasteiger charge is -2.35. The molecule has 2 aliphatic rings. The van der Waals surface area contributed by atoms with E-state index in [0.29, 0.717) is 6.04 Å². The van der Waals surface area contributed by atoms with E-state index in [1.807, 2.05) is 17.9 Å². The fourth-order valence-corrected chi connectivity index (χ4v) is 6.22. The van der Waals surface area contributed by atoms with Gasteiger partial charge in [0, 0.05) is 38.8 Å². The minimum atomic E-state index is -0.138. The molecule has 1 saturated carbocycles. The van der Waals surface area contributed by atoms with Crippen molar-refractivity contribution in [2.45, 2.75) is 61.2 Å². The van der Waals surface area contributed by atoms with Crippen molar-refractivity contribution in [3.63, 3.8) is 0 Å². The molecule has 4 rings (SSSR count). The quantitative estimate of drug-likeness (QED) is 0.647. The summed E-state index contributed by atoms with van der Waals surface area (Å²) in [6, 6.07) is 11.1. The average molecular weight is 446 g/mol. The molecule has 6 nitrogen and oxygen atoms in total. The molecule has 2 aromatic rings. The third kappa shape index (κ3) is 5.95. The Balaban J connectivity index is 1.22. The molecule has 2 heterocycles. The number of hydrogen-bond donors (Lipinski definition) is 1. The molecule has 1 aliphatic carbocycles. The Bertz CT molecular complexity index is 801. The van der Waals surface area contributed by atoms with Crippen LogP contribution in [0.3, 0.4) is 0 Å². The Hall–Kier alpha value is -1.64. The zero-order valence-corrected chi connectivity index (χ0v) is 19.3. The summed E-state index contributed by atoms with van der Waals surface area (Å²) >= 11 is 3.10. The lowest BCUT2D eigenvalue weighted by molar-refractivity contribution is -0.132. The van der Waals surface area contributed by atoms with Gasteiger partial charge in [-0.3, -0.25) is 9.69 Å². The number of carbonyl (C=O) groups is 1. The van der Waals surface area contributed by atoms with Crippen LogP contribution in [0.1, 0.15) is 44.6 Å². The zero-order valence-electron chi connectivity index (χ0n) is 17.6. The van der Waals surface area contributed by atoms with E-state index in [2.05, 4.69) is 44.7 Å². The van der Waals surface area contributed by atoms with Gasteiger partial charge < -0.3 is 10.2 Å². The number of anilines is 1. The van der Waals surface area contributed by atoms with E-state index in [4.69, 9.17) is 0 Å². The standard InChI is InChI=1S/C22H31N5OS2/c1-17(29-22-25-24-21(30-22)23-19-10-6-3-7-11-19)20(28)27-14-12-26(13-15-27)16-18-8-4-2-5-9-18/h2,4-5,8-9,17,19H,3,6-7,10-16H2,1H3,(H,23,24). The molecule has 0 radical (unpaired) electrons. The second-order valence-corrected chi connectivity index (χ2v) is 10.8. The fraction of sp³-hybridized carbons (Fsp3) is 0.591. The summed E-state index contributed by atoms with van der Waals surface area (Å²) in [4.78, 5) is 17.3. The molecule has 1 aromatic carbocycles. The van der Waals surface area contributed by atoms with Crippen molar-refractivity contribution in [2.24, 2.45) is 0 Å². The number of aromatic nitrogens is 2. The van der Waals surface area contributed by atoms with Crippen LogP contribution in [-0.2, 0) is 11.3 Å². The van der Waals surface area contributed by atoms with Crippen LogP contribution in [0, 0.1) is 0 Å². The molecule has 0 spiro atoms. The molecule has 1 atom stereocenters. The molecule has 30 heavy (non-hydrogen) atoms. The van der Waals surface area contributed by atoms with Gasteiger partial charge >= 0.3 is 0 Å². The van der Waals surface area contributed by atoms with Gasteiger partial charge in [0.25, 0.3) is 0 Å². The number of rotatable bonds is 7. The topological polar surface area (TPSA) is 61.4 Å². The largest absolute Gasteiger partial charge is 0.357 e. The lowest BCUT2D eigenvalue weighted by atomic mass is 9.96. The molecular formula is C22H31N5OS2. The highest BCUT2D eigenvalue weighted by Gasteiger charge is 2.26. The van der Waals surface area contributed by atoms with Gasteiger partial charge in [-0.15, -0.1) is 10.2 Å². The number of carbonyl (C=O) groups excluding carboxylic acids is 1. The second-order valence-electron chi connectivity index (χ2n) is 8.20. The average Bonchev–Trinajstić information content (AvgIpc) is 3.22. The van der Waals surface area contributed by atoms with Gasteiger partial charge in [-0.05, 0) is 25.3 Å². The molecule has 1 aromatic heterocycles. The Morgan fingerprint density at radius 1 is 1.13 bits per heavy atom. The van der Waals surface area contributed by atoms with Gasteiger partial charge in [0.1, 0.15) is 0 Å². The van der Waals surface area contributed by atoms with Crippen LogP contribution in [0.15, 0.2) is 34.7 Å². The van der Waals surface area contributed by atoms with E-state index >= 15 is 0 Å². The summed E-state index contributed by atoms with van der Waals surface area (Å²) in [7, 11) is 0. The maximum atomic E-state index is 12.9. The summed E-state index contributed by atoms with van der Waals surface area (Å²) in [6.07, 6.45) is 6.36. The number of hydrogen-bond acceptors (Lipinski definition) is 7. The number of piperazine rings is 1. The Labute approximate surface area is 187 Å². The van der Waals surface area contributed by atoms with Crippen molar-refractivity contribution in [1.29, 1.82) is 0 Å². The third-order valence-corrected chi connectivity index (χ3v) is 7.92. The predicted molar refractivity (Wildman–Crippen MR) is 124 cm³/mol. The van der Waals surface area contributed by atoms with Gasteiger partial charge in [-0.2, -0.15) is 0 Å². The first kappa shape index (κ1) is 21.6. The summed E-state index contributed by atoms with van der Waals surface area (Å²) in [6.45, 7) is 6.37. The van der Waals surface area contributed by atoms with Crippen molar-refractivity contribution in [2.75, 3.05) is 31.5 Å². The van der Waals surface area contributed by atoms with Crippen molar-refractivity contribution in [1.82, 2.24) is 20.0 Å². The highest BCUT2D eigenvalue weighted by atomic mass is 32.2. The van der Waals surface area contributed by atoms with Crippen molar-refractivity contribution < 1.29 is 4.79 Å². The van der Waals surface area contributed by atoms with Gasteiger partial charge in [0.05, 0.1) is 5.25 Å². The number of nitrogens with one attached hydrogen (secondary N) is 1. The number of thioether (sulfide) groups is 1. The molecule has 2 fully saturated rings. The highest BCUT2D eigenvalue weighted by Crippen LogP contribution is 2.31. The van der Waals surface area contributed by atoms with Crippen molar-refractivity contribution >= 4 is 34.1 Å². The lowest BCUT2D eigenvalue weighted by Crippen LogP contribution is -2.50. The SMILES string of the molecule is CC(Sc1nnc(NC2CCCCC2)s1)C(=O)N1CCN(Cc2ccccc2)CC1. The van der Waals surface area contributed by atoms with E-state index < -0.39 is 0 Å². The second kappa shape index (κ2) is 10.6. The van der Waals surface area contributed by atoms with Gasteiger partial charge in [0.15, 0.2) is 4.34 Å². The number of benzene rings is 1. The molecule has 1 amide bonds. The summed E-state index contributed by atoms with van der Waals surface area (Å²) in [5, 5.41) is 12.9. The summed E-state index contributed by atoms with van der Waals surface area (Å²) < 4.78 is 0.872. The molecule has 1 unspecified atom stereocenters. The van der Waals surface area contributed by atoms with Crippen LogP contribution in [0.4, 0.5) is 5.13 Å². The van der Waals surface area contributed by atoms with Crippen LogP contribution < -0.4 is 5.32 Å². The first-order valence-corrected chi connectivity index (χ1v) is 12.7. The van der Waals surface area contributed by atoms with Crippen molar-refractivity contribution in [3.05, 3.63) is 35.9 Å². The first-order valence-electron chi connectivity index (χ1n) is 11.0. The molecule has 1 N–H and O–H groups in total. The number of nitrogens with zero attached hydrogens (tertiary/aromatic N) is 4. The fourth-order valence-electron chi connectivity index (χ4n) is 4.16. The molecule has 1 aliphatic heterocycles. The highest BCUT2D eigenvalue weighted by molar-refractivity contribution is 8.02. The van der Waals surface area contributed by atoms with E-state index in [-0.39, 0.29) is 11.2 Å². The molecule has 0 bridgehead atoms. The zero-order chi connectivity index (χ0) is 20.8. The van der Waals surface area contributed by atoms with E-state index in [1.54, 1.807) is 11.3 Å². The minimum absolute atomic E-state index is 0.138. The van der Waals surface area contributed by atoms with Gasteiger partial charge in [0.2, 0.25) is 11.0 Å². The van der Waals surface area contributed by atoms with Gasteiger partial charge in [-0.1, -0.05) is 72.7 Å². The van der Waals surface area contributed by atoms with E-state index in [1.165, 1.54) is 49.4 Å². The normalized spacial score (nSPS) is 19.6. The van der Waals surface area contributed by atoms with Crippen molar-refractivity contribution in [3.8, 4) is 0 Å². The Morgan fingerprint density at radius 2 is 1.87 bits per heavy atom. The van der Waals surface area contributed by atoms with E-state index in [9.17, 15) is 4.79 Å². The first-order chi connectivity index (χ1) is 14.7. The minimum Gasteiger partial charge on any atom is -0.357 e. The molecular weight excluding hydrogens is 414 g/mol. The molecule has 1 saturated heterocycles. The van der Waals surface area contributed by atoms with Crippen LogP contribution in [0.25, 0.3) is 0 Å². The van der Waals surface area contributed by atoms with E-state index in [0.717, 1.165) is 42.2 Å². The van der Waals surface area contributed by atoms with Crippen LogP contribution in [0.2, 0.25) is 0 Å². The Kier molecular flexibility index (Phi) is 7.62. The van der Waals surface area contributed by atoms with Crippen LogP contribution in [0.5, 0.6) is 0 Å². The summed E-state index contributed by atoms with van der Waals surface area (Å²) in [5.74, 6) is 0.205. The van der Waals surface area contributed by atoms with Gasteiger partial charge in [-0.25, -0.2) is 0 Å². The number of amides is 1. The monoisotopic (exact) mass is 445 g/mol. The smallest absolute Gasteiger partial charge is 0.235 e. The molecule has 8 heteroatoms. The van der Waals surface area contributed by atoms with Crippen LogP contribution >= 0.6 is 23.1 Å². The third-order valence-electron chi connectivity index (χ3n) is 5.90. The molecule has 162 valence electrons. The maximum Gasteiger partial charge on any atom is 0.235 e. The Morgan fingerprint density at radius 3 is 2.60 bits per heavy atom. The predicted octanol–water partition coefficient (Wildman–Crippen LogP) is 4.11.